The van der Waals surface area contributed by atoms with Crippen molar-refractivity contribution in [3.05, 3.63) is 34.9 Å². The van der Waals surface area contributed by atoms with Gasteiger partial charge in [0.25, 0.3) is 0 Å². The quantitative estimate of drug-likeness (QED) is 0.130. The molecule has 3 rings (SSSR count). The molecule has 2 heterocycles. The summed E-state index contributed by atoms with van der Waals surface area (Å²) in [6.45, 7) is 4.14. The lowest BCUT2D eigenvalue weighted by Gasteiger charge is -2.21. The number of nitrogens with two attached hydrogens (primary N) is 1. The molecule has 15 heteroatoms. The van der Waals surface area contributed by atoms with E-state index in [1.54, 1.807) is 30.5 Å². The van der Waals surface area contributed by atoms with Crippen molar-refractivity contribution in [3.63, 3.8) is 0 Å². The number of carbonyl (C=O) groups is 5. The molecule has 0 aliphatic carbocycles. The van der Waals surface area contributed by atoms with Crippen molar-refractivity contribution in [1.29, 1.82) is 0 Å². The van der Waals surface area contributed by atoms with Crippen LogP contribution in [0.25, 0.3) is 0 Å². The molecule has 1 unspecified atom stereocenters. The van der Waals surface area contributed by atoms with Crippen molar-refractivity contribution in [2.24, 2.45) is 11.1 Å². The van der Waals surface area contributed by atoms with Crippen molar-refractivity contribution < 1.29 is 29.1 Å². The molecule has 1 aromatic carbocycles. The minimum absolute atomic E-state index is 0.0727. The molecule has 4 amide bonds. The van der Waals surface area contributed by atoms with Gasteiger partial charge >= 0.3 is 5.97 Å². The first-order valence-corrected chi connectivity index (χ1v) is 14.2. The number of carboxylic acid groups (broad SMARTS) is 1. The highest BCUT2D eigenvalue weighted by molar-refractivity contribution is 9.10. The van der Waals surface area contributed by atoms with Crippen LogP contribution in [-0.2, 0) is 24.0 Å². The number of carbonyl (C=O) groups excluding carboxylic acids is 4. The zero-order chi connectivity index (χ0) is 30.9. The number of benzene rings is 1. The molecule has 1 saturated heterocycles. The Morgan fingerprint density at radius 3 is 2.60 bits per heavy atom. The largest absolute Gasteiger partial charge is 0.480 e. The molecular weight excluding hydrogens is 612 g/mol. The number of rotatable bonds is 14. The first kappa shape index (κ1) is 32.2. The lowest BCUT2D eigenvalue weighted by molar-refractivity contribution is -0.148. The Hall–Kier alpha value is -4.27. The fraction of sp³-hybridized carbons (Fsp3) is 0.444. The first-order valence-electron chi connectivity index (χ1n) is 13.4. The Morgan fingerprint density at radius 2 is 1.88 bits per heavy atom. The zero-order valence-electron chi connectivity index (χ0n) is 23.4. The van der Waals surface area contributed by atoms with Crippen molar-refractivity contribution >= 4 is 68.7 Å². The molecule has 2 aromatic rings. The third kappa shape index (κ3) is 8.86. The van der Waals surface area contributed by atoms with Crippen molar-refractivity contribution in [2.45, 2.75) is 52.0 Å². The number of carboxylic acids is 1. The third-order valence-corrected chi connectivity index (χ3v) is 7.27. The number of aromatic nitrogens is 2. The van der Waals surface area contributed by atoms with Gasteiger partial charge in [-0.05, 0) is 67.2 Å². The monoisotopic (exact) mass is 646 g/mol. The number of amides is 4. The van der Waals surface area contributed by atoms with Crippen molar-refractivity contribution in [2.75, 3.05) is 35.6 Å². The number of likely N-dealkylation sites (tertiary alicyclic amines) is 1. The number of hydrogen-bond acceptors (Lipinski definition) is 9. The van der Waals surface area contributed by atoms with Crippen LogP contribution in [0.4, 0.5) is 23.1 Å². The van der Waals surface area contributed by atoms with Crippen LogP contribution in [0.2, 0.25) is 0 Å². The van der Waals surface area contributed by atoms with Gasteiger partial charge in [0.05, 0.1) is 4.47 Å². The summed E-state index contributed by atoms with van der Waals surface area (Å²) in [5.74, 6) is -2.06. The van der Waals surface area contributed by atoms with Crippen LogP contribution >= 0.6 is 15.9 Å². The smallest absolute Gasteiger partial charge is 0.326 e. The van der Waals surface area contributed by atoms with Crippen LogP contribution in [0, 0.1) is 5.41 Å². The van der Waals surface area contributed by atoms with Gasteiger partial charge in [-0.15, -0.1) is 0 Å². The van der Waals surface area contributed by atoms with Crippen molar-refractivity contribution in [1.82, 2.24) is 20.2 Å². The Labute approximate surface area is 251 Å². The van der Waals surface area contributed by atoms with E-state index in [9.17, 15) is 29.1 Å². The second-order valence-electron chi connectivity index (χ2n) is 10.3. The topological polar surface area (TPSA) is 209 Å². The van der Waals surface area contributed by atoms with Gasteiger partial charge in [0, 0.05) is 50.0 Å². The van der Waals surface area contributed by atoms with E-state index >= 15 is 0 Å². The number of anilines is 4. The van der Waals surface area contributed by atoms with Crippen LogP contribution in [0.5, 0.6) is 0 Å². The van der Waals surface area contributed by atoms with Crippen LogP contribution in [0.3, 0.4) is 0 Å². The highest BCUT2D eigenvalue weighted by Crippen LogP contribution is 2.24. The molecule has 0 radical (unpaired) electrons. The van der Waals surface area contributed by atoms with Gasteiger partial charge in [-0.3, -0.25) is 19.2 Å². The second kappa shape index (κ2) is 14.6. The molecule has 1 aliphatic heterocycles. The molecule has 0 saturated carbocycles. The lowest BCUT2D eigenvalue weighted by Crippen LogP contribution is -2.46. The first-order chi connectivity index (χ1) is 19.9. The Bertz CT molecular complexity index is 1340. The molecule has 7 N–H and O–H groups in total. The minimum Gasteiger partial charge on any atom is -0.480 e. The average Bonchev–Trinajstić information content (AvgIpc) is 3.44. The number of halogens is 1. The molecule has 1 aromatic heterocycles. The number of nitrogens with zero attached hydrogens (tertiary/aromatic N) is 3. The second-order valence-corrected chi connectivity index (χ2v) is 11.1. The van der Waals surface area contributed by atoms with E-state index in [1.807, 2.05) is 0 Å². The number of hydrogen-bond donors (Lipinski definition) is 6. The van der Waals surface area contributed by atoms with Gasteiger partial charge in [0.15, 0.2) is 0 Å². The molecule has 1 atom stereocenters. The maximum absolute atomic E-state index is 12.5. The van der Waals surface area contributed by atoms with Crippen molar-refractivity contribution in [3.8, 4) is 0 Å². The summed E-state index contributed by atoms with van der Waals surface area (Å²) in [5.41, 5.74) is 5.08. The minimum atomic E-state index is -1.29. The van der Waals surface area contributed by atoms with Gasteiger partial charge < -0.3 is 37.0 Å². The molecule has 42 heavy (non-hydrogen) atoms. The fourth-order valence-electron chi connectivity index (χ4n) is 4.09. The van der Waals surface area contributed by atoms with Crippen LogP contribution < -0.4 is 27.0 Å². The maximum atomic E-state index is 12.5. The summed E-state index contributed by atoms with van der Waals surface area (Å²) < 4.78 is 0.631. The Kier molecular flexibility index (Phi) is 11.2. The van der Waals surface area contributed by atoms with Crippen LogP contribution in [-0.4, -0.2) is 75.2 Å². The van der Waals surface area contributed by atoms with E-state index in [1.165, 1.54) is 18.7 Å². The summed E-state index contributed by atoms with van der Waals surface area (Å²) in [6.07, 6.45) is 3.04. The molecule has 0 bridgehead atoms. The van der Waals surface area contributed by atoms with Crippen LogP contribution in [0.1, 0.15) is 46.0 Å². The number of nitrogens with one attached hydrogen (secondary N) is 4. The highest BCUT2D eigenvalue weighted by Gasteiger charge is 2.34. The van der Waals surface area contributed by atoms with E-state index in [4.69, 9.17) is 5.73 Å². The van der Waals surface area contributed by atoms with Gasteiger partial charge in [-0.25, -0.2) is 9.78 Å². The molecule has 1 aliphatic rings. The predicted molar refractivity (Wildman–Crippen MR) is 159 cm³/mol. The van der Waals surface area contributed by atoms with E-state index in [0.717, 1.165) is 0 Å². The van der Waals surface area contributed by atoms with E-state index in [-0.39, 0.29) is 24.7 Å². The molecule has 226 valence electrons. The average molecular weight is 648 g/mol. The number of aliphatic carboxylic acids is 1. The molecular formula is C27H35BrN8O6. The SMILES string of the molecule is CC(C)(C(N)=O)C(=O)NCCCNc1nc(Nc2cccc(NC(=O)CCC(=O)N3CCCC3C(=O)O)c2)ncc1Br. The van der Waals surface area contributed by atoms with E-state index < -0.39 is 29.2 Å². The van der Waals surface area contributed by atoms with Gasteiger partial charge in [0.2, 0.25) is 29.6 Å². The van der Waals surface area contributed by atoms with E-state index in [2.05, 4.69) is 47.2 Å². The molecule has 1 fully saturated rings. The lowest BCUT2D eigenvalue weighted by atomic mass is 9.91. The maximum Gasteiger partial charge on any atom is 0.326 e. The third-order valence-electron chi connectivity index (χ3n) is 6.69. The summed E-state index contributed by atoms with van der Waals surface area (Å²) in [5, 5.41) is 20.9. The zero-order valence-corrected chi connectivity index (χ0v) is 25.0. The Balaban J connectivity index is 1.48. The summed E-state index contributed by atoms with van der Waals surface area (Å²) in [4.78, 5) is 69.8. The Morgan fingerprint density at radius 1 is 1.14 bits per heavy atom. The van der Waals surface area contributed by atoms with Gasteiger partial charge in [-0.2, -0.15) is 4.98 Å². The summed E-state index contributed by atoms with van der Waals surface area (Å²) in [7, 11) is 0. The van der Waals surface area contributed by atoms with Crippen LogP contribution in [0.15, 0.2) is 34.9 Å². The standard InChI is InChI=1S/C27H35BrN8O6/c1-27(2,24(29)41)25(42)31-12-5-11-30-22-18(28)15-32-26(35-22)34-17-7-3-6-16(14-17)33-20(37)9-10-21(38)36-13-4-8-19(36)23(39)40/h3,6-7,14-15,19H,4-5,8-13H2,1-2H3,(H2,29,41)(H,31,42)(H,33,37)(H,39,40)(H2,30,32,34,35). The predicted octanol–water partition coefficient (Wildman–Crippen LogP) is 2.21. The number of primary amides is 1. The fourth-order valence-corrected chi connectivity index (χ4v) is 4.43. The normalized spacial score (nSPS) is 14.6. The van der Waals surface area contributed by atoms with E-state index in [0.29, 0.717) is 66.5 Å². The van der Waals surface area contributed by atoms with Gasteiger partial charge in [0.1, 0.15) is 17.3 Å². The summed E-state index contributed by atoms with van der Waals surface area (Å²) >= 11 is 3.41. The van der Waals surface area contributed by atoms with Gasteiger partial charge in [-0.1, -0.05) is 6.07 Å². The molecule has 14 nitrogen and oxygen atoms in total. The summed E-state index contributed by atoms with van der Waals surface area (Å²) in [6, 6.07) is 6.07. The molecule has 0 spiro atoms. The highest BCUT2D eigenvalue weighted by atomic mass is 79.9.